The van der Waals surface area contributed by atoms with Gasteiger partial charge >= 0.3 is 0 Å². The highest BCUT2D eigenvalue weighted by Gasteiger charge is 2.43. The third-order valence-corrected chi connectivity index (χ3v) is 10.2. The molecule has 110 valence electrons. The molecule has 0 atom stereocenters. The molecular formula is C14H28N3PS. The average Bonchev–Trinajstić information content (AvgIpc) is 3.24. The zero-order valence-corrected chi connectivity index (χ0v) is 13.8. The van der Waals surface area contributed by atoms with Crippen molar-refractivity contribution in [2.45, 2.75) is 51.4 Å². The Labute approximate surface area is 123 Å². The van der Waals surface area contributed by atoms with Crippen LogP contribution in [0.25, 0.3) is 0 Å². The third-order valence-electron chi connectivity index (χ3n) is 4.69. The van der Waals surface area contributed by atoms with Crippen molar-refractivity contribution in [1.29, 1.82) is 0 Å². The van der Waals surface area contributed by atoms with Gasteiger partial charge in [-0.2, -0.15) is 0 Å². The van der Waals surface area contributed by atoms with Gasteiger partial charge in [0, 0.05) is 39.3 Å². The van der Waals surface area contributed by atoms with Crippen molar-refractivity contribution >= 4 is 18.3 Å². The van der Waals surface area contributed by atoms with Crippen molar-refractivity contribution in [2.24, 2.45) is 0 Å². The molecule has 0 bridgehead atoms. The van der Waals surface area contributed by atoms with Gasteiger partial charge in [-0.1, -0.05) is 25.7 Å². The molecule has 3 heterocycles. The van der Waals surface area contributed by atoms with E-state index < -0.39 is 6.49 Å². The first-order chi connectivity index (χ1) is 9.32. The topological polar surface area (TPSA) is 9.49 Å². The minimum atomic E-state index is -1.55. The Hall–Kier alpha value is 0.530. The Kier molecular flexibility index (Phi) is 4.97. The van der Waals surface area contributed by atoms with E-state index in [1.165, 1.54) is 90.6 Å². The van der Waals surface area contributed by atoms with E-state index in [9.17, 15) is 0 Å². The van der Waals surface area contributed by atoms with Crippen LogP contribution in [0.1, 0.15) is 51.4 Å². The Morgan fingerprint density at radius 1 is 0.474 bits per heavy atom. The lowest BCUT2D eigenvalue weighted by atomic mass is 10.2. The quantitative estimate of drug-likeness (QED) is 0.584. The van der Waals surface area contributed by atoms with Crippen LogP contribution in [-0.4, -0.2) is 53.3 Å². The number of hydrogen-bond acceptors (Lipinski definition) is 1. The standard InChI is InChI=1S/C14H28N3PS/c19-18(17-13-14-17,15-9-5-1-2-6-10-15)16-11-7-3-4-8-12-16/h1-14H2. The van der Waals surface area contributed by atoms with Gasteiger partial charge in [0.05, 0.1) is 0 Å². The first-order valence-corrected chi connectivity index (χ1v) is 10.8. The summed E-state index contributed by atoms with van der Waals surface area (Å²) in [6.45, 7) is 5.97. The summed E-state index contributed by atoms with van der Waals surface area (Å²) in [5.41, 5.74) is 0. The lowest BCUT2D eigenvalue weighted by Crippen LogP contribution is -2.36. The number of rotatable bonds is 3. The van der Waals surface area contributed by atoms with E-state index in [1.54, 1.807) is 0 Å². The van der Waals surface area contributed by atoms with Gasteiger partial charge in [0.1, 0.15) is 6.49 Å². The van der Waals surface area contributed by atoms with E-state index in [0.29, 0.717) is 0 Å². The molecule has 0 aromatic rings. The summed E-state index contributed by atoms with van der Waals surface area (Å²) < 4.78 is 8.08. The summed E-state index contributed by atoms with van der Waals surface area (Å²) >= 11 is 6.34. The van der Waals surface area contributed by atoms with Crippen LogP contribution >= 0.6 is 6.49 Å². The van der Waals surface area contributed by atoms with Gasteiger partial charge in [0.15, 0.2) is 0 Å². The maximum atomic E-state index is 6.34. The molecule has 3 nitrogen and oxygen atoms in total. The lowest BCUT2D eigenvalue weighted by Gasteiger charge is -2.43. The van der Waals surface area contributed by atoms with Crippen LogP contribution in [0.3, 0.4) is 0 Å². The Balaban J connectivity index is 1.78. The first kappa shape index (κ1) is 14.5. The second-order valence-electron chi connectivity index (χ2n) is 6.20. The van der Waals surface area contributed by atoms with Crippen LogP contribution in [0.5, 0.6) is 0 Å². The highest BCUT2D eigenvalue weighted by atomic mass is 32.4. The van der Waals surface area contributed by atoms with Crippen molar-refractivity contribution in [3.05, 3.63) is 0 Å². The van der Waals surface area contributed by atoms with E-state index in [1.807, 2.05) is 0 Å². The number of nitrogens with zero attached hydrogens (tertiary/aromatic N) is 3. The molecule has 0 aromatic heterocycles. The highest BCUT2D eigenvalue weighted by Crippen LogP contribution is 2.61. The summed E-state index contributed by atoms with van der Waals surface area (Å²) in [4.78, 5) is 0. The zero-order valence-electron chi connectivity index (χ0n) is 12.1. The monoisotopic (exact) mass is 301 g/mol. The predicted molar refractivity (Wildman–Crippen MR) is 85.9 cm³/mol. The van der Waals surface area contributed by atoms with Crippen LogP contribution in [0, 0.1) is 0 Å². The van der Waals surface area contributed by atoms with Gasteiger partial charge in [-0.15, -0.1) is 0 Å². The Bertz CT molecular complexity index is 306. The molecule has 0 amide bonds. The van der Waals surface area contributed by atoms with Crippen molar-refractivity contribution in [3.8, 4) is 0 Å². The summed E-state index contributed by atoms with van der Waals surface area (Å²) in [5.74, 6) is 0. The van der Waals surface area contributed by atoms with Crippen molar-refractivity contribution in [3.63, 3.8) is 0 Å². The van der Waals surface area contributed by atoms with Crippen molar-refractivity contribution in [2.75, 3.05) is 39.3 Å². The van der Waals surface area contributed by atoms with E-state index in [4.69, 9.17) is 11.8 Å². The smallest absolute Gasteiger partial charge is 0.145 e. The van der Waals surface area contributed by atoms with Gasteiger partial charge in [-0.25, -0.2) is 4.67 Å². The van der Waals surface area contributed by atoms with Gasteiger partial charge in [0.25, 0.3) is 0 Å². The van der Waals surface area contributed by atoms with Crippen LogP contribution < -0.4 is 0 Å². The van der Waals surface area contributed by atoms with Gasteiger partial charge < -0.3 is 0 Å². The minimum absolute atomic E-state index is 1.25. The normalized spacial score (nSPS) is 28.8. The fourth-order valence-electron chi connectivity index (χ4n) is 3.47. The summed E-state index contributed by atoms with van der Waals surface area (Å²) in [7, 11) is 0. The van der Waals surface area contributed by atoms with Crippen LogP contribution in [0.4, 0.5) is 0 Å². The molecule has 3 saturated heterocycles. The third kappa shape index (κ3) is 3.24. The maximum absolute atomic E-state index is 6.34. The largest absolute Gasteiger partial charge is 0.252 e. The molecule has 0 N–H and O–H groups in total. The molecule has 0 radical (unpaired) electrons. The second-order valence-corrected chi connectivity index (χ2v) is 10.4. The molecule has 0 aromatic carbocycles. The van der Waals surface area contributed by atoms with E-state index >= 15 is 0 Å². The van der Waals surface area contributed by atoms with E-state index in [-0.39, 0.29) is 0 Å². The Morgan fingerprint density at radius 3 is 1.11 bits per heavy atom. The molecule has 0 saturated carbocycles. The predicted octanol–water partition coefficient (Wildman–Crippen LogP) is 3.28. The zero-order chi connectivity index (χ0) is 13.1. The van der Waals surface area contributed by atoms with Gasteiger partial charge in [0.2, 0.25) is 0 Å². The van der Waals surface area contributed by atoms with Gasteiger partial charge in [-0.05, 0) is 37.5 Å². The summed E-state index contributed by atoms with van der Waals surface area (Å²) in [5, 5.41) is 0. The van der Waals surface area contributed by atoms with E-state index in [2.05, 4.69) is 14.0 Å². The Morgan fingerprint density at radius 2 is 0.789 bits per heavy atom. The minimum Gasteiger partial charge on any atom is -0.252 e. The maximum Gasteiger partial charge on any atom is 0.145 e. The molecular weight excluding hydrogens is 273 g/mol. The van der Waals surface area contributed by atoms with Crippen LogP contribution in [-0.2, 0) is 11.8 Å². The van der Waals surface area contributed by atoms with E-state index in [0.717, 1.165) is 0 Å². The second kappa shape index (κ2) is 6.53. The molecule has 0 spiro atoms. The molecule has 0 aliphatic carbocycles. The fourth-order valence-corrected chi connectivity index (χ4v) is 8.23. The molecule has 3 aliphatic heterocycles. The lowest BCUT2D eigenvalue weighted by molar-refractivity contribution is 0.372. The summed E-state index contributed by atoms with van der Waals surface area (Å²) in [6, 6.07) is 0. The molecule has 5 heteroatoms. The molecule has 3 rings (SSSR count). The molecule has 19 heavy (non-hydrogen) atoms. The van der Waals surface area contributed by atoms with Crippen LogP contribution in [0.15, 0.2) is 0 Å². The van der Waals surface area contributed by atoms with Crippen molar-refractivity contribution in [1.82, 2.24) is 14.0 Å². The van der Waals surface area contributed by atoms with Gasteiger partial charge in [-0.3, -0.25) is 9.34 Å². The average molecular weight is 301 g/mol. The highest BCUT2D eigenvalue weighted by molar-refractivity contribution is 8.11. The molecule has 3 fully saturated rings. The summed E-state index contributed by atoms with van der Waals surface area (Å²) in [6.07, 6.45) is 11.1. The number of hydrogen-bond donors (Lipinski definition) is 0. The molecule has 3 aliphatic rings. The first-order valence-electron chi connectivity index (χ1n) is 8.18. The SMILES string of the molecule is S=P(N1CCCCCC1)(N1CCCCCC1)N1CC1. The fraction of sp³-hybridized carbons (Fsp3) is 1.00. The van der Waals surface area contributed by atoms with Crippen LogP contribution in [0.2, 0.25) is 0 Å². The van der Waals surface area contributed by atoms with Crippen molar-refractivity contribution < 1.29 is 0 Å². The molecule has 0 unspecified atom stereocenters.